The summed E-state index contributed by atoms with van der Waals surface area (Å²) in [5, 5.41) is 0. The Morgan fingerprint density at radius 2 is 1.75 bits per heavy atom. The molecular formula is C18H27NO. The van der Waals surface area contributed by atoms with Gasteiger partial charge in [-0.05, 0) is 69.3 Å². The zero-order valence-electron chi connectivity index (χ0n) is 12.8. The molecule has 1 aromatic rings. The van der Waals surface area contributed by atoms with Crippen LogP contribution in [0.3, 0.4) is 0 Å². The molecule has 4 aliphatic rings. The van der Waals surface area contributed by atoms with Crippen LogP contribution in [0.5, 0.6) is 0 Å². The summed E-state index contributed by atoms with van der Waals surface area (Å²) >= 11 is 0. The lowest BCUT2D eigenvalue weighted by Crippen LogP contribution is -2.48. The number of nitrogens with two attached hydrogens (primary N) is 1. The van der Waals surface area contributed by atoms with E-state index in [0.717, 1.165) is 29.9 Å². The van der Waals surface area contributed by atoms with Gasteiger partial charge in [-0.3, -0.25) is 0 Å². The standard InChI is InChI=1S/C18H27NO/c1-3-16-15(11(2)19)7-17(20-16)18-8-12-4-13(9-18)6-14(5-12)10-18/h7,11-14H,3-6,8-10,19H2,1-2H3. The van der Waals surface area contributed by atoms with Gasteiger partial charge in [0.15, 0.2) is 0 Å². The summed E-state index contributed by atoms with van der Waals surface area (Å²) in [7, 11) is 0. The van der Waals surface area contributed by atoms with Crippen molar-refractivity contribution in [3.05, 3.63) is 23.2 Å². The van der Waals surface area contributed by atoms with Crippen LogP contribution in [0.1, 0.15) is 75.5 Å². The fourth-order valence-electron chi connectivity index (χ4n) is 5.78. The minimum atomic E-state index is 0.0939. The molecule has 0 spiro atoms. The second kappa shape index (κ2) is 4.37. The van der Waals surface area contributed by atoms with E-state index in [1.165, 1.54) is 49.8 Å². The molecule has 0 aliphatic heterocycles. The van der Waals surface area contributed by atoms with E-state index in [9.17, 15) is 0 Å². The molecule has 0 saturated heterocycles. The van der Waals surface area contributed by atoms with Crippen molar-refractivity contribution in [2.24, 2.45) is 23.5 Å². The van der Waals surface area contributed by atoms with Crippen molar-refractivity contribution in [3.8, 4) is 0 Å². The molecule has 0 aromatic carbocycles. The van der Waals surface area contributed by atoms with Gasteiger partial charge in [-0.15, -0.1) is 0 Å². The quantitative estimate of drug-likeness (QED) is 0.890. The van der Waals surface area contributed by atoms with Crippen molar-refractivity contribution < 1.29 is 4.42 Å². The summed E-state index contributed by atoms with van der Waals surface area (Å²) < 4.78 is 6.33. The van der Waals surface area contributed by atoms with Gasteiger partial charge in [-0.1, -0.05) is 6.92 Å². The van der Waals surface area contributed by atoms with E-state index >= 15 is 0 Å². The highest BCUT2D eigenvalue weighted by atomic mass is 16.3. The first-order chi connectivity index (χ1) is 9.59. The smallest absolute Gasteiger partial charge is 0.110 e. The Labute approximate surface area is 122 Å². The van der Waals surface area contributed by atoms with Crippen LogP contribution in [0.4, 0.5) is 0 Å². The molecule has 2 nitrogen and oxygen atoms in total. The molecule has 20 heavy (non-hydrogen) atoms. The lowest BCUT2D eigenvalue weighted by Gasteiger charge is -2.55. The van der Waals surface area contributed by atoms with Crippen molar-refractivity contribution in [1.82, 2.24) is 0 Å². The first-order valence-electron chi connectivity index (χ1n) is 8.48. The van der Waals surface area contributed by atoms with E-state index in [1.54, 1.807) is 0 Å². The molecular weight excluding hydrogens is 246 g/mol. The Kier molecular flexibility index (Phi) is 2.82. The summed E-state index contributed by atoms with van der Waals surface area (Å²) in [5.41, 5.74) is 7.75. The molecule has 0 amide bonds. The van der Waals surface area contributed by atoms with Gasteiger partial charge >= 0.3 is 0 Å². The zero-order valence-corrected chi connectivity index (χ0v) is 12.8. The minimum absolute atomic E-state index is 0.0939. The van der Waals surface area contributed by atoms with Crippen LogP contribution in [-0.2, 0) is 11.8 Å². The van der Waals surface area contributed by atoms with Gasteiger partial charge in [0.05, 0.1) is 0 Å². The highest BCUT2D eigenvalue weighted by Gasteiger charge is 2.53. The van der Waals surface area contributed by atoms with E-state index < -0.39 is 0 Å². The Balaban J connectivity index is 1.73. The van der Waals surface area contributed by atoms with Crippen LogP contribution >= 0.6 is 0 Å². The number of hydrogen-bond donors (Lipinski definition) is 1. The van der Waals surface area contributed by atoms with Gasteiger partial charge in [0.2, 0.25) is 0 Å². The third-order valence-corrected chi connectivity index (χ3v) is 6.21. The van der Waals surface area contributed by atoms with Gasteiger partial charge in [-0.2, -0.15) is 0 Å². The SMILES string of the molecule is CCc1oc(C23CC4CC(CC(C4)C2)C3)cc1C(C)N. The Hall–Kier alpha value is -0.760. The average molecular weight is 273 g/mol. The van der Waals surface area contributed by atoms with E-state index in [2.05, 4.69) is 19.9 Å². The molecule has 4 saturated carbocycles. The molecule has 1 heterocycles. The van der Waals surface area contributed by atoms with Gasteiger partial charge < -0.3 is 10.2 Å². The van der Waals surface area contributed by atoms with Gasteiger partial charge in [0, 0.05) is 23.4 Å². The highest BCUT2D eigenvalue weighted by molar-refractivity contribution is 5.31. The first-order valence-corrected chi connectivity index (χ1v) is 8.48. The molecule has 1 unspecified atom stereocenters. The topological polar surface area (TPSA) is 39.2 Å². The van der Waals surface area contributed by atoms with Crippen molar-refractivity contribution >= 4 is 0 Å². The number of hydrogen-bond acceptors (Lipinski definition) is 2. The summed E-state index contributed by atoms with van der Waals surface area (Å²) in [6.45, 7) is 4.25. The Morgan fingerprint density at radius 3 is 2.15 bits per heavy atom. The molecule has 2 N–H and O–H groups in total. The van der Waals surface area contributed by atoms with Crippen LogP contribution in [0, 0.1) is 17.8 Å². The third kappa shape index (κ3) is 1.80. The van der Waals surface area contributed by atoms with Crippen LogP contribution in [-0.4, -0.2) is 0 Å². The number of rotatable bonds is 3. The maximum absolute atomic E-state index is 6.33. The Bertz CT molecular complexity index is 478. The predicted octanol–water partition coefficient (Wildman–Crippen LogP) is 4.33. The van der Waals surface area contributed by atoms with Crippen LogP contribution in [0.25, 0.3) is 0 Å². The van der Waals surface area contributed by atoms with E-state index in [-0.39, 0.29) is 6.04 Å². The molecule has 4 fully saturated rings. The van der Waals surface area contributed by atoms with Crippen molar-refractivity contribution in [2.75, 3.05) is 0 Å². The minimum Gasteiger partial charge on any atom is -0.465 e. The summed E-state index contributed by atoms with van der Waals surface area (Å²) in [4.78, 5) is 0. The summed E-state index contributed by atoms with van der Waals surface area (Å²) in [5.74, 6) is 5.31. The van der Waals surface area contributed by atoms with Crippen molar-refractivity contribution in [3.63, 3.8) is 0 Å². The number of aryl methyl sites for hydroxylation is 1. The van der Waals surface area contributed by atoms with Crippen LogP contribution in [0.2, 0.25) is 0 Å². The monoisotopic (exact) mass is 273 g/mol. The molecule has 1 atom stereocenters. The second-order valence-corrected chi connectivity index (χ2v) is 7.83. The molecule has 2 heteroatoms. The first kappa shape index (κ1) is 12.9. The van der Waals surface area contributed by atoms with Crippen LogP contribution < -0.4 is 5.73 Å². The molecule has 4 aliphatic carbocycles. The molecule has 5 rings (SSSR count). The number of furan rings is 1. The maximum Gasteiger partial charge on any atom is 0.110 e. The molecule has 110 valence electrons. The lowest BCUT2D eigenvalue weighted by atomic mass is 9.49. The maximum atomic E-state index is 6.33. The summed E-state index contributed by atoms with van der Waals surface area (Å²) in [6.07, 6.45) is 9.53. The van der Waals surface area contributed by atoms with Crippen molar-refractivity contribution in [2.45, 2.75) is 70.3 Å². The van der Waals surface area contributed by atoms with Crippen LogP contribution in [0.15, 0.2) is 10.5 Å². The largest absolute Gasteiger partial charge is 0.465 e. The van der Waals surface area contributed by atoms with Crippen molar-refractivity contribution in [1.29, 1.82) is 0 Å². The van der Waals surface area contributed by atoms with E-state index in [1.807, 2.05) is 0 Å². The molecule has 0 radical (unpaired) electrons. The lowest BCUT2D eigenvalue weighted by molar-refractivity contribution is -0.0155. The highest BCUT2D eigenvalue weighted by Crippen LogP contribution is 2.61. The second-order valence-electron chi connectivity index (χ2n) is 7.83. The van der Waals surface area contributed by atoms with E-state index in [4.69, 9.17) is 10.2 Å². The fourth-order valence-corrected chi connectivity index (χ4v) is 5.78. The fraction of sp³-hybridized carbons (Fsp3) is 0.778. The molecule has 4 bridgehead atoms. The zero-order chi connectivity index (χ0) is 13.9. The average Bonchev–Trinajstić information content (AvgIpc) is 2.82. The van der Waals surface area contributed by atoms with Gasteiger partial charge in [0.1, 0.15) is 11.5 Å². The van der Waals surface area contributed by atoms with E-state index in [0.29, 0.717) is 5.41 Å². The third-order valence-electron chi connectivity index (χ3n) is 6.21. The normalized spacial score (nSPS) is 40.2. The molecule has 1 aromatic heterocycles. The van der Waals surface area contributed by atoms with Gasteiger partial charge in [0.25, 0.3) is 0 Å². The summed E-state index contributed by atoms with van der Waals surface area (Å²) in [6, 6.07) is 2.41. The van der Waals surface area contributed by atoms with Gasteiger partial charge in [-0.25, -0.2) is 0 Å². The predicted molar refractivity (Wildman–Crippen MR) is 80.5 cm³/mol. The Morgan fingerprint density at radius 1 is 1.20 bits per heavy atom.